The highest BCUT2D eigenvalue weighted by Crippen LogP contribution is 2.31. The van der Waals surface area contributed by atoms with Crippen LogP contribution in [0.2, 0.25) is 0 Å². The minimum atomic E-state index is -0.0426. The molecule has 114 valence electrons. The summed E-state index contributed by atoms with van der Waals surface area (Å²) >= 11 is 0. The van der Waals surface area contributed by atoms with Crippen LogP contribution < -0.4 is 4.90 Å². The van der Waals surface area contributed by atoms with Crippen LogP contribution in [0.3, 0.4) is 0 Å². The number of aliphatic hydroxyl groups excluding tert-OH is 1. The standard InChI is InChI=1S/C18H20N2O2/c21-12-13-5-1-2-7-16(13)20-10-8-17-15(18(20)22)11-14-6-3-4-9-19(14)17/h1-2,5,7,11,21H,3-4,6,8-10,12H2. The van der Waals surface area contributed by atoms with Crippen molar-refractivity contribution in [1.82, 2.24) is 4.57 Å². The van der Waals surface area contributed by atoms with Gasteiger partial charge in [-0.15, -0.1) is 0 Å². The van der Waals surface area contributed by atoms with Gasteiger partial charge in [0, 0.05) is 42.1 Å². The fraction of sp³-hybridized carbons (Fsp3) is 0.389. The van der Waals surface area contributed by atoms with Crippen molar-refractivity contribution in [2.24, 2.45) is 0 Å². The number of hydrogen-bond acceptors (Lipinski definition) is 2. The Balaban J connectivity index is 1.75. The van der Waals surface area contributed by atoms with Crippen molar-refractivity contribution in [3.8, 4) is 0 Å². The van der Waals surface area contributed by atoms with E-state index < -0.39 is 0 Å². The Labute approximate surface area is 130 Å². The molecule has 1 aromatic heterocycles. The molecule has 0 saturated carbocycles. The molecular weight excluding hydrogens is 276 g/mol. The van der Waals surface area contributed by atoms with Crippen LogP contribution in [0.15, 0.2) is 30.3 Å². The van der Waals surface area contributed by atoms with E-state index in [1.165, 1.54) is 24.2 Å². The summed E-state index contributed by atoms with van der Waals surface area (Å²) in [7, 11) is 0. The van der Waals surface area contributed by atoms with Crippen LogP contribution in [0.25, 0.3) is 0 Å². The molecule has 1 N–H and O–H groups in total. The molecule has 4 heteroatoms. The number of carbonyl (C=O) groups excluding carboxylic acids is 1. The molecule has 0 radical (unpaired) electrons. The van der Waals surface area contributed by atoms with Crippen molar-refractivity contribution in [2.45, 2.75) is 38.8 Å². The van der Waals surface area contributed by atoms with Gasteiger partial charge < -0.3 is 14.6 Å². The van der Waals surface area contributed by atoms with Crippen LogP contribution in [0.1, 0.15) is 40.2 Å². The second-order valence-electron chi connectivity index (χ2n) is 6.10. The number of nitrogens with zero attached hydrogens (tertiary/aromatic N) is 2. The zero-order chi connectivity index (χ0) is 15.1. The lowest BCUT2D eigenvalue weighted by molar-refractivity contribution is 0.0979. The average molecular weight is 296 g/mol. The molecule has 3 heterocycles. The second-order valence-corrected chi connectivity index (χ2v) is 6.10. The summed E-state index contributed by atoms with van der Waals surface area (Å²) < 4.78 is 2.35. The monoisotopic (exact) mass is 296 g/mol. The normalized spacial score (nSPS) is 17.3. The molecule has 0 saturated heterocycles. The number of para-hydroxylation sites is 1. The number of fused-ring (bicyclic) bond motifs is 3. The van der Waals surface area contributed by atoms with E-state index in [9.17, 15) is 9.90 Å². The smallest absolute Gasteiger partial charge is 0.260 e. The fourth-order valence-corrected chi connectivity index (χ4v) is 3.77. The van der Waals surface area contributed by atoms with E-state index in [0.717, 1.165) is 36.2 Å². The Hall–Kier alpha value is -2.07. The van der Waals surface area contributed by atoms with E-state index in [2.05, 4.69) is 10.6 Å². The van der Waals surface area contributed by atoms with Gasteiger partial charge in [0.15, 0.2) is 0 Å². The SMILES string of the molecule is O=C1c2cc3n(c2CCN1c1ccccc1CO)CCCC3. The number of amides is 1. The van der Waals surface area contributed by atoms with Gasteiger partial charge in [-0.2, -0.15) is 0 Å². The van der Waals surface area contributed by atoms with Crippen LogP contribution in [0.5, 0.6) is 0 Å². The van der Waals surface area contributed by atoms with E-state index in [1.807, 2.05) is 29.2 Å². The minimum absolute atomic E-state index is 0.0426. The molecular formula is C18H20N2O2. The fourth-order valence-electron chi connectivity index (χ4n) is 3.77. The summed E-state index contributed by atoms with van der Waals surface area (Å²) in [6, 6.07) is 9.70. The third-order valence-corrected chi connectivity index (χ3v) is 4.86. The van der Waals surface area contributed by atoms with Gasteiger partial charge in [0.05, 0.1) is 12.2 Å². The zero-order valence-corrected chi connectivity index (χ0v) is 12.6. The third kappa shape index (κ3) is 1.98. The number of aromatic nitrogens is 1. The molecule has 0 fully saturated rings. The topological polar surface area (TPSA) is 45.5 Å². The maximum atomic E-state index is 12.9. The Bertz CT molecular complexity index is 733. The lowest BCUT2D eigenvalue weighted by atomic mass is 10.0. The minimum Gasteiger partial charge on any atom is -0.392 e. The molecule has 4 nitrogen and oxygen atoms in total. The van der Waals surface area contributed by atoms with E-state index >= 15 is 0 Å². The maximum absolute atomic E-state index is 12.9. The van der Waals surface area contributed by atoms with Crippen molar-refractivity contribution in [1.29, 1.82) is 0 Å². The largest absolute Gasteiger partial charge is 0.392 e. The Morgan fingerprint density at radius 1 is 1.09 bits per heavy atom. The average Bonchev–Trinajstić information content (AvgIpc) is 2.95. The van der Waals surface area contributed by atoms with Crippen molar-refractivity contribution in [3.63, 3.8) is 0 Å². The van der Waals surface area contributed by atoms with E-state index in [1.54, 1.807) is 0 Å². The molecule has 22 heavy (non-hydrogen) atoms. The first kappa shape index (κ1) is 13.6. The first-order valence-corrected chi connectivity index (χ1v) is 8.01. The molecule has 0 spiro atoms. The van der Waals surface area contributed by atoms with Crippen molar-refractivity contribution in [2.75, 3.05) is 11.4 Å². The highest BCUT2D eigenvalue weighted by Gasteiger charge is 2.31. The number of aliphatic hydroxyl groups is 1. The molecule has 0 aliphatic carbocycles. The summed E-state index contributed by atoms with van der Waals surface area (Å²) in [4.78, 5) is 14.8. The van der Waals surface area contributed by atoms with Gasteiger partial charge in [-0.05, 0) is 31.4 Å². The molecule has 1 aromatic carbocycles. The Kier molecular flexibility index (Phi) is 3.26. The molecule has 4 rings (SSSR count). The Morgan fingerprint density at radius 2 is 1.95 bits per heavy atom. The summed E-state index contributed by atoms with van der Waals surface area (Å²) in [5.74, 6) is 0.0732. The molecule has 1 amide bonds. The van der Waals surface area contributed by atoms with Gasteiger partial charge >= 0.3 is 0 Å². The van der Waals surface area contributed by atoms with Crippen molar-refractivity contribution >= 4 is 11.6 Å². The number of aryl methyl sites for hydroxylation is 1. The van der Waals surface area contributed by atoms with E-state index in [4.69, 9.17) is 0 Å². The molecule has 0 atom stereocenters. The summed E-state index contributed by atoms with van der Waals surface area (Å²) in [5.41, 5.74) is 5.02. The van der Waals surface area contributed by atoms with Gasteiger partial charge in [0.2, 0.25) is 0 Å². The van der Waals surface area contributed by atoms with Gasteiger partial charge in [-0.3, -0.25) is 4.79 Å². The summed E-state index contributed by atoms with van der Waals surface area (Å²) in [6.45, 7) is 1.69. The summed E-state index contributed by atoms with van der Waals surface area (Å²) in [5, 5.41) is 9.52. The lowest BCUT2D eigenvalue weighted by Crippen LogP contribution is -2.38. The van der Waals surface area contributed by atoms with Gasteiger partial charge in [-0.25, -0.2) is 0 Å². The molecule has 0 unspecified atom stereocenters. The van der Waals surface area contributed by atoms with Gasteiger partial charge in [0.1, 0.15) is 0 Å². The summed E-state index contributed by atoms with van der Waals surface area (Å²) in [6.07, 6.45) is 4.39. The number of benzene rings is 1. The third-order valence-electron chi connectivity index (χ3n) is 4.86. The van der Waals surface area contributed by atoms with Crippen LogP contribution >= 0.6 is 0 Å². The van der Waals surface area contributed by atoms with Crippen LogP contribution in [-0.4, -0.2) is 22.1 Å². The van der Waals surface area contributed by atoms with Crippen molar-refractivity contribution in [3.05, 3.63) is 52.8 Å². The molecule has 0 bridgehead atoms. The van der Waals surface area contributed by atoms with Crippen molar-refractivity contribution < 1.29 is 9.90 Å². The molecule has 2 aliphatic heterocycles. The number of carbonyl (C=O) groups is 1. The van der Waals surface area contributed by atoms with E-state index in [-0.39, 0.29) is 12.5 Å². The first-order valence-electron chi connectivity index (χ1n) is 8.01. The molecule has 2 aliphatic rings. The zero-order valence-electron chi connectivity index (χ0n) is 12.6. The molecule has 2 aromatic rings. The van der Waals surface area contributed by atoms with Crippen LogP contribution in [0, 0.1) is 0 Å². The Morgan fingerprint density at radius 3 is 2.82 bits per heavy atom. The van der Waals surface area contributed by atoms with Crippen LogP contribution in [0.4, 0.5) is 5.69 Å². The number of anilines is 1. The predicted octanol–water partition coefficient (Wildman–Crippen LogP) is 2.52. The van der Waals surface area contributed by atoms with Gasteiger partial charge in [-0.1, -0.05) is 18.2 Å². The van der Waals surface area contributed by atoms with Gasteiger partial charge in [0.25, 0.3) is 5.91 Å². The number of hydrogen-bond donors (Lipinski definition) is 1. The quantitative estimate of drug-likeness (QED) is 0.925. The lowest BCUT2D eigenvalue weighted by Gasteiger charge is -2.29. The first-order chi connectivity index (χ1) is 10.8. The highest BCUT2D eigenvalue weighted by molar-refractivity contribution is 6.08. The predicted molar refractivity (Wildman–Crippen MR) is 85.1 cm³/mol. The highest BCUT2D eigenvalue weighted by atomic mass is 16.3. The second kappa shape index (κ2) is 5.29. The number of rotatable bonds is 2. The van der Waals surface area contributed by atoms with Crippen LogP contribution in [-0.2, 0) is 26.0 Å². The maximum Gasteiger partial charge on any atom is 0.260 e. The van der Waals surface area contributed by atoms with E-state index in [0.29, 0.717) is 6.54 Å².